The molecule has 0 aliphatic rings. The number of Topliss-reactive ketones (excluding diaryl/α,β-unsaturated/α-hetero) is 1. The molecule has 1 rings (SSSR count). The van der Waals surface area contributed by atoms with E-state index in [0.29, 0.717) is 6.07 Å². The van der Waals surface area contributed by atoms with Gasteiger partial charge in [0.05, 0.1) is 12.7 Å². The van der Waals surface area contributed by atoms with Gasteiger partial charge in [0.1, 0.15) is 17.6 Å². The molecule has 0 fully saturated rings. The molecule has 0 aliphatic heterocycles. The lowest BCUT2D eigenvalue weighted by molar-refractivity contribution is -0.120. The number of nitrogens with zero attached hydrogens (tertiary/aromatic N) is 1. The summed E-state index contributed by atoms with van der Waals surface area (Å²) in [5.41, 5.74) is -0.102. The first-order chi connectivity index (χ1) is 8.10. The van der Waals surface area contributed by atoms with Crippen LogP contribution in [0, 0.1) is 23.0 Å². The number of ketones is 1. The highest BCUT2D eigenvalue weighted by molar-refractivity contribution is 5.88. The number of halogens is 2. The quantitative estimate of drug-likeness (QED) is 0.791. The van der Waals surface area contributed by atoms with Crippen molar-refractivity contribution in [3.63, 3.8) is 0 Å². The lowest BCUT2D eigenvalue weighted by atomic mass is 9.94. The lowest BCUT2D eigenvalue weighted by Crippen LogP contribution is -2.14. The SMILES string of the molecule is COCCC(=O)C(C#N)c1ccc(F)cc1F. The fraction of sp³-hybridized carbons (Fsp3) is 0.333. The van der Waals surface area contributed by atoms with Crippen molar-refractivity contribution in [2.45, 2.75) is 12.3 Å². The number of methoxy groups -OCH3 is 1. The molecule has 1 unspecified atom stereocenters. The van der Waals surface area contributed by atoms with Crippen LogP contribution in [0.3, 0.4) is 0 Å². The molecule has 0 radical (unpaired) electrons. The molecular weight excluding hydrogens is 228 g/mol. The second-order valence-corrected chi connectivity index (χ2v) is 3.44. The number of ether oxygens (including phenoxy) is 1. The molecule has 0 aromatic heterocycles. The van der Waals surface area contributed by atoms with Crippen LogP contribution in [0.4, 0.5) is 8.78 Å². The minimum absolute atomic E-state index is 0.0194. The molecule has 1 aromatic rings. The maximum absolute atomic E-state index is 13.4. The average molecular weight is 239 g/mol. The van der Waals surface area contributed by atoms with E-state index in [-0.39, 0.29) is 18.6 Å². The van der Waals surface area contributed by atoms with Gasteiger partial charge in [-0.15, -0.1) is 0 Å². The molecule has 3 nitrogen and oxygen atoms in total. The smallest absolute Gasteiger partial charge is 0.156 e. The Morgan fingerprint density at radius 2 is 2.24 bits per heavy atom. The van der Waals surface area contributed by atoms with Crippen molar-refractivity contribution in [2.75, 3.05) is 13.7 Å². The molecular formula is C12H11F2NO2. The fourth-order valence-electron chi connectivity index (χ4n) is 1.40. The number of rotatable bonds is 5. The van der Waals surface area contributed by atoms with Gasteiger partial charge in [0.2, 0.25) is 0 Å². The van der Waals surface area contributed by atoms with Crippen LogP contribution in [0.1, 0.15) is 17.9 Å². The summed E-state index contributed by atoms with van der Waals surface area (Å²) in [6.07, 6.45) is 0.0194. The third kappa shape index (κ3) is 3.33. The number of nitriles is 1. The van der Waals surface area contributed by atoms with Gasteiger partial charge in [0.25, 0.3) is 0 Å². The number of hydrogen-bond donors (Lipinski definition) is 0. The zero-order valence-electron chi connectivity index (χ0n) is 9.24. The molecule has 0 saturated heterocycles. The first kappa shape index (κ1) is 13.3. The zero-order chi connectivity index (χ0) is 12.8. The zero-order valence-corrected chi connectivity index (χ0v) is 9.24. The molecule has 0 amide bonds. The fourth-order valence-corrected chi connectivity index (χ4v) is 1.40. The topological polar surface area (TPSA) is 50.1 Å². The Morgan fingerprint density at radius 1 is 1.53 bits per heavy atom. The van der Waals surface area contributed by atoms with E-state index in [1.165, 1.54) is 7.11 Å². The summed E-state index contributed by atoms with van der Waals surface area (Å²) >= 11 is 0. The number of hydrogen-bond acceptors (Lipinski definition) is 3. The molecule has 1 aromatic carbocycles. The van der Waals surface area contributed by atoms with Crippen LogP contribution in [-0.4, -0.2) is 19.5 Å². The molecule has 0 heterocycles. The van der Waals surface area contributed by atoms with Crippen LogP contribution in [-0.2, 0) is 9.53 Å². The van der Waals surface area contributed by atoms with E-state index in [9.17, 15) is 13.6 Å². The molecule has 90 valence electrons. The molecule has 1 atom stereocenters. The summed E-state index contributed by atoms with van der Waals surface area (Å²) in [5.74, 6) is -3.29. The largest absolute Gasteiger partial charge is 0.384 e. The van der Waals surface area contributed by atoms with Crippen molar-refractivity contribution in [3.8, 4) is 6.07 Å². The molecule has 0 N–H and O–H groups in total. The van der Waals surface area contributed by atoms with Crippen LogP contribution in [0.15, 0.2) is 18.2 Å². The molecule has 5 heteroatoms. The third-order valence-corrected chi connectivity index (χ3v) is 2.28. The summed E-state index contributed by atoms with van der Waals surface area (Å²) in [6.45, 7) is 0.166. The molecule has 17 heavy (non-hydrogen) atoms. The van der Waals surface area contributed by atoms with E-state index < -0.39 is 23.3 Å². The van der Waals surface area contributed by atoms with Crippen LogP contribution >= 0.6 is 0 Å². The maximum atomic E-state index is 13.4. The van der Waals surface area contributed by atoms with Crippen LogP contribution in [0.2, 0.25) is 0 Å². The molecule has 0 saturated carbocycles. The Labute approximate surface area is 97.6 Å². The van der Waals surface area contributed by atoms with Crippen LogP contribution < -0.4 is 0 Å². The Bertz CT molecular complexity index is 454. The minimum atomic E-state index is -1.22. The van der Waals surface area contributed by atoms with Crippen molar-refractivity contribution < 1.29 is 18.3 Å². The predicted molar refractivity (Wildman–Crippen MR) is 56.2 cm³/mol. The van der Waals surface area contributed by atoms with E-state index in [1.807, 2.05) is 0 Å². The van der Waals surface area contributed by atoms with Gasteiger partial charge in [-0.1, -0.05) is 6.07 Å². The van der Waals surface area contributed by atoms with Gasteiger partial charge in [-0.3, -0.25) is 4.79 Å². The summed E-state index contributed by atoms with van der Waals surface area (Å²) in [4.78, 5) is 11.6. The Morgan fingerprint density at radius 3 is 2.76 bits per heavy atom. The molecule has 0 spiro atoms. The van der Waals surface area contributed by atoms with Crippen molar-refractivity contribution in [2.24, 2.45) is 0 Å². The van der Waals surface area contributed by atoms with Crippen LogP contribution in [0.25, 0.3) is 0 Å². The van der Waals surface area contributed by atoms with E-state index in [0.717, 1.165) is 12.1 Å². The maximum Gasteiger partial charge on any atom is 0.156 e. The highest BCUT2D eigenvalue weighted by atomic mass is 19.1. The first-order valence-corrected chi connectivity index (χ1v) is 4.96. The summed E-state index contributed by atoms with van der Waals surface area (Å²) in [6, 6.07) is 4.51. The average Bonchev–Trinajstić information content (AvgIpc) is 2.30. The van der Waals surface area contributed by atoms with E-state index in [2.05, 4.69) is 0 Å². The normalized spacial score (nSPS) is 11.9. The predicted octanol–water partition coefficient (Wildman–Crippen LogP) is 2.18. The molecule has 0 aliphatic carbocycles. The van der Waals surface area contributed by atoms with Gasteiger partial charge in [-0.05, 0) is 6.07 Å². The number of carbonyl (C=O) groups excluding carboxylic acids is 1. The van der Waals surface area contributed by atoms with Gasteiger partial charge in [0, 0.05) is 25.2 Å². The second-order valence-electron chi connectivity index (χ2n) is 3.44. The lowest BCUT2D eigenvalue weighted by Gasteiger charge is -2.09. The van der Waals surface area contributed by atoms with Crippen LogP contribution in [0.5, 0.6) is 0 Å². The van der Waals surface area contributed by atoms with Gasteiger partial charge in [-0.2, -0.15) is 5.26 Å². The van der Waals surface area contributed by atoms with E-state index in [1.54, 1.807) is 6.07 Å². The van der Waals surface area contributed by atoms with Gasteiger partial charge in [-0.25, -0.2) is 8.78 Å². The highest BCUT2D eigenvalue weighted by Gasteiger charge is 2.23. The highest BCUT2D eigenvalue weighted by Crippen LogP contribution is 2.21. The first-order valence-electron chi connectivity index (χ1n) is 4.96. The van der Waals surface area contributed by atoms with Crippen molar-refractivity contribution in [1.82, 2.24) is 0 Å². The third-order valence-electron chi connectivity index (χ3n) is 2.28. The Kier molecular flexibility index (Phi) is 4.73. The second kappa shape index (κ2) is 6.06. The summed E-state index contributed by atoms with van der Waals surface area (Å²) < 4.78 is 30.8. The number of benzene rings is 1. The standard InChI is InChI=1S/C12H11F2NO2/c1-17-5-4-12(16)10(7-15)9-3-2-8(13)6-11(9)14/h2-3,6,10H,4-5H2,1H3. The van der Waals surface area contributed by atoms with Gasteiger partial charge in [0.15, 0.2) is 5.78 Å². The Balaban J connectivity index is 2.94. The van der Waals surface area contributed by atoms with Gasteiger partial charge < -0.3 is 4.74 Å². The molecule has 0 bridgehead atoms. The van der Waals surface area contributed by atoms with E-state index >= 15 is 0 Å². The van der Waals surface area contributed by atoms with E-state index in [4.69, 9.17) is 10.00 Å². The van der Waals surface area contributed by atoms with Crippen molar-refractivity contribution in [1.29, 1.82) is 5.26 Å². The van der Waals surface area contributed by atoms with Crippen molar-refractivity contribution >= 4 is 5.78 Å². The van der Waals surface area contributed by atoms with Crippen molar-refractivity contribution in [3.05, 3.63) is 35.4 Å². The number of carbonyl (C=O) groups is 1. The monoisotopic (exact) mass is 239 g/mol. The summed E-state index contributed by atoms with van der Waals surface area (Å²) in [5, 5.41) is 8.87. The summed E-state index contributed by atoms with van der Waals surface area (Å²) in [7, 11) is 1.42. The minimum Gasteiger partial charge on any atom is -0.384 e. The Hall–Kier alpha value is -1.80. The van der Waals surface area contributed by atoms with Gasteiger partial charge >= 0.3 is 0 Å².